The molecule has 3 heterocycles. The van der Waals surface area contributed by atoms with Crippen molar-refractivity contribution < 1.29 is 18.4 Å². The number of nitrogens with zero attached hydrogens (tertiary/aromatic N) is 6. The van der Waals surface area contributed by atoms with Crippen molar-refractivity contribution >= 4 is 11.8 Å². The van der Waals surface area contributed by atoms with Crippen molar-refractivity contribution in [1.29, 1.82) is 0 Å². The van der Waals surface area contributed by atoms with E-state index in [9.17, 15) is 14.0 Å². The Morgan fingerprint density at radius 1 is 1.04 bits per heavy atom. The van der Waals surface area contributed by atoms with Gasteiger partial charge in [0.1, 0.15) is 24.4 Å². The molecule has 0 saturated carbocycles. The van der Waals surface area contributed by atoms with E-state index in [0.717, 1.165) is 0 Å². The fourth-order valence-electron chi connectivity index (χ4n) is 3.06. The smallest absolute Gasteiger partial charge is 0.289 e. The van der Waals surface area contributed by atoms with Crippen LogP contribution in [0.3, 0.4) is 0 Å². The van der Waals surface area contributed by atoms with Crippen LogP contribution in [-0.2, 0) is 11.3 Å². The summed E-state index contributed by atoms with van der Waals surface area (Å²) in [6.45, 7) is 1.65. The maximum absolute atomic E-state index is 13.9. The van der Waals surface area contributed by atoms with Crippen LogP contribution in [0.15, 0.2) is 47.1 Å². The van der Waals surface area contributed by atoms with Crippen LogP contribution in [0, 0.1) is 5.82 Å². The summed E-state index contributed by atoms with van der Waals surface area (Å²) in [6, 6.07) is 9.35. The van der Waals surface area contributed by atoms with Gasteiger partial charge in [-0.25, -0.2) is 9.07 Å². The summed E-state index contributed by atoms with van der Waals surface area (Å²) in [4.78, 5) is 28.2. The Balaban J connectivity index is 1.37. The van der Waals surface area contributed by atoms with Gasteiger partial charge in [-0.2, -0.15) is 0 Å². The average molecular weight is 384 g/mol. The third-order valence-corrected chi connectivity index (χ3v) is 4.56. The predicted molar refractivity (Wildman–Crippen MR) is 94.4 cm³/mol. The molecule has 4 rings (SSSR count). The summed E-state index contributed by atoms with van der Waals surface area (Å²) < 4.78 is 20.8. The highest BCUT2D eigenvalue weighted by molar-refractivity contribution is 5.92. The minimum Gasteiger partial charge on any atom is -0.451 e. The van der Waals surface area contributed by atoms with Crippen molar-refractivity contribution in [1.82, 2.24) is 30.0 Å². The number of aromatic nitrogens is 4. The molecule has 9 nitrogen and oxygen atoms in total. The van der Waals surface area contributed by atoms with Gasteiger partial charge in [-0.3, -0.25) is 9.59 Å². The van der Waals surface area contributed by atoms with Crippen molar-refractivity contribution in [3.05, 3.63) is 54.3 Å². The lowest BCUT2D eigenvalue weighted by Crippen LogP contribution is -2.51. The molecule has 1 fully saturated rings. The molecule has 1 saturated heterocycles. The number of furan rings is 1. The quantitative estimate of drug-likeness (QED) is 0.667. The third-order valence-electron chi connectivity index (χ3n) is 4.56. The highest BCUT2D eigenvalue weighted by Crippen LogP contribution is 2.25. The average Bonchev–Trinajstić information content (AvgIpc) is 3.40. The molecule has 0 atom stereocenters. The van der Waals surface area contributed by atoms with E-state index in [1.165, 1.54) is 17.1 Å². The van der Waals surface area contributed by atoms with E-state index in [1.807, 2.05) is 0 Å². The monoisotopic (exact) mass is 384 g/mol. The fourth-order valence-corrected chi connectivity index (χ4v) is 3.06. The van der Waals surface area contributed by atoms with Crippen LogP contribution in [0.2, 0.25) is 0 Å². The van der Waals surface area contributed by atoms with Crippen molar-refractivity contribution in [3.8, 4) is 11.3 Å². The van der Waals surface area contributed by atoms with Crippen molar-refractivity contribution in [2.24, 2.45) is 0 Å². The van der Waals surface area contributed by atoms with Gasteiger partial charge in [0.05, 0.1) is 5.56 Å². The Morgan fingerprint density at radius 3 is 2.50 bits per heavy atom. The Kier molecular flexibility index (Phi) is 4.83. The molecular weight excluding hydrogens is 367 g/mol. The molecule has 1 aliphatic rings. The highest BCUT2D eigenvalue weighted by atomic mass is 19.1. The molecule has 0 radical (unpaired) electrons. The maximum Gasteiger partial charge on any atom is 0.289 e. The second kappa shape index (κ2) is 7.59. The lowest BCUT2D eigenvalue weighted by Gasteiger charge is -2.34. The Labute approximate surface area is 159 Å². The fraction of sp³-hybridized carbons (Fsp3) is 0.278. The van der Waals surface area contributed by atoms with E-state index in [0.29, 0.717) is 37.5 Å². The number of benzene rings is 1. The Morgan fingerprint density at radius 2 is 1.79 bits per heavy atom. The van der Waals surface area contributed by atoms with Gasteiger partial charge in [0.2, 0.25) is 5.91 Å². The minimum atomic E-state index is -0.412. The summed E-state index contributed by atoms with van der Waals surface area (Å²) >= 11 is 0. The third kappa shape index (κ3) is 3.61. The number of hydrogen-bond acceptors (Lipinski definition) is 6. The second-order valence-electron chi connectivity index (χ2n) is 6.32. The van der Waals surface area contributed by atoms with E-state index < -0.39 is 5.82 Å². The molecule has 0 unspecified atom stereocenters. The standard InChI is InChI=1S/C18H17FN6O3/c19-14-4-2-1-3-13(14)15-5-6-16(28-15)18(27)24-9-7-23(8-10-24)17(26)11-25-12-20-21-22-25/h1-6,12H,7-11H2. The van der Waals surface area contributed by atoms with Gasteiger partial charge < -0.3 is 14.2 Å². The van der Waals surface area contributed by atoms with Crippen LogP contribution in [0.4, 0.5) is 4.39 Å². The molecule has 2 amide bonds. The van der Waals surface area contributed by atoms with Gasteiger partial charge in [-0.05, 0) is 34.7 Å². The van der Waals surface area contributed by atoms with E-state index in [2.05, 4.69) is 15.5 Å². The SMILES string of the molecule is O=C(Cn1cnnn1)N1CCN(C(=O)c2ccc(-c3ccccc3F)o2)CC1. The summed E-state index contributed by atoms with van der Waals surface area (Å²) in [5.74, 6) is -0.358. The Hall–Kier alpha value is -3.56. The van der Waals surface area contributed by atoms with E-state index >= 15 is 0 Å². The van der Waals surface area contributed by atoms with E-state index in [1.54, 1.807) is 40.1 Å². The largest absolute Gasteiger partial charge is 0.451 e. The van der Waals surface area contributed by atoms with E-state index in [-0.39, 0.29) is 24.1 Å². The lowest BCUT2D eigenvalue weighted by molar-refractivity contribution is -0.133. The van der Waals surface area contributed by atoms with Gasteiger partial charge in [0.25, 0.3) is 5.91 Å². The van der Waals surface area contributed by atoms with Crippen LogP contribution in [0.1, 0.15) is 10.6 Å². The number of rotatable bonds is 4. The lowest BCUT2D eigenvalue weighted by atomic mass is 10.1. The van der Waals surface area contributed by atoms with Crippen LogP contribution in [0.5, 0.6) is 0 Å². The van der Waals surface area contributed by atoms with Crippen LogP contribution in [-0.4, -0.2) is 68.0 Å². The first-order valence-corrected chi connectivity index (χ1v) is 8.74. The molecule has 28 heavy (non-hydrogen) atoms. The first kappa shape index (κ1) is 17.8. The molecular formula is C18H17FN6O3. The minimum absolute atomic E-state index is 0.0606. The highest BCUT2D eigenvalue weighted by Gasteiger charge is 2.27. The summed E-state index contributed by atoms with van der Waals surface area (Å²) in [5.41, 5.74) is 0.305. The summed E-state index contributed by atoms with van der Waals surface area (Å²) in [7, 11) is 0. The molecule has 0 N–H and O–H groups in total. The van der Waals surface area contributed by atoms with Gasteiger partial charge in [-0.1, -0.05) is 12.1 Å². The number of tetrazole rings is 1. The van der Waals surface area contributed by atoms with Crippen molar-refractivity contribution in [3.63, 3.8) is 0 Å². The molecule has 0 aliphatic carbocycles. The van der Waals surface area contributed by atoms with Crippen LogP contribution < -0.4 is 0 Å². The zero-order valence-electron chi connectivity index (χ0n) is 14.9. The number of amides is 2. The number of piperazine rings is 1. The molecule has 1 aliphatic heterocycles. The zero-order valence-corrected chi connectivity index (χ0v) is 14.9. The first-order valence-electron chi connectivity index (χ1n) is 8.74. The number of carbonyl (C=O) groups excluding carboxylic acids is 2. The first-order chi connectivity index (χ1) is 13.6. The summed E-state index contributed by atoms with van der Waals surface area (Å²) in [6.07, 6.45) is 1.38. The normalized spacial score (nSPS) is 14.3. The molecule has 3 aromatic rings. The predicted octanol–water partition coefficient (Wildman–Crippen LogP) is 1.06. The molecule has 10 heteroatoms. The molecule has 1 aromatic carbocycles. The van der Waals surface area contributed by atoms with Crippen LogP contribution >= 0.6 is 0 Å². The van der Waals surface area contributed by atoms with Crippen molar-refractivity contribution in [2.75, 3.05) is 26.2 Å². The molecule has 144 valence electrons. The van der Waals surface area contributed by atoms with Gasteiger partial charge >= 0.3 is 0 Å². The molecule has 0 bridgehead atoms. The number of halogens is 1. The molecule has 0 spiro atoms. The molecule has 2 aromatic heterocycles. The second-order valence-corrected chi connectivity index (χ2v) is 6.32. The topological polar surface area (TPSA) is 97.4 Å². The zero-order chi connectivity index (χ0) is 19.5. The number of hydrogen-bond donors (Lipinski definition) is 0. The van der Waals surface area contributed by atoms with Crippen molar-refractivity contribution in [2.45, 2.75) is 6.54 Å². The van der Waals surface area contributed by atoms with Gasteiger partial charge in [-0.15, -0.1) is 5.10 Å². The Bertz CT molecular complexity index is 979. The van der Waals surface area contributed by atoms with Crippen LogP contribution in [0.25, 0.3) is 11.3 Å². The van der Waals surface area contributed by atoms with Gasteiger partial charge in [0, 0.05) is 26.2 Å². The summed E-state index contributed by atoms with van der Waals surface area (Å²) in [5, 5.41) is 10.7. The number of carbonyl (C=O) groups is 2. The van der Waals surface area contributed by atoms with Gasteiger partial charge in [0.15, 0.2) is 5.76 Å². The van der Waals surface area contributed by atoms with E-state index in [4.69, 9.17) is 4.42 Å². The maximum atomic E-state index is 13.9.